The van der Waals surface area contributed by atoms with E-state index < -0.39 is 22.2 Å². The van der Waals surface area contributed by atoms with E-state index >= 15 is 0 Å². The average molecular weight is 535 g/mol. The molecule has 1 fully saturated rings. The second kappa shape index (κ2) is 10.1. The number of aromatic nitrogens is 3. The Hall–Kier alpha value is -3.23. The first-order valence-electron chi connectivity index (χ1n) is 13.5. The zero-order chi connectivity index (χ0) is 28.8. The number of nitrogens with one attached hydrogen (secondary N) is 1. The molecule has 3 aromatic rings. The molecule has 0 bridgehead atoms. The Morgan fingerprint density at radius 2 is 1.69 bits per heavy atom. The van der Waals surface area contributed by atoms with Crippen molar-refractivity contribution in [1.82, 2.24) is 20.1 Å². The van der Waals surface area contributed by atoms with Crippen LogP contribution >= 0.6 is 0 Å². The largest absolute Gasteiger partial charge is 0.444 e. The molecule has 0 unspecified atom stereocenters. The van der Waals surface area contributed by atoms with Gasteiger partial charge in [0.1, 0.15) is 11.2 Å². The number of carbonyl (C=O) groups is 1. The molecule has 1 aliphatic heterocycles. The monoisotopic (exact) mass is 534 g/mol. The predicted octanol–water partition coefficient (Wildman–Crippen LogP) is 5.40. The first kappa shape index (κ1) is 28.8. The molecule has 1 saturated heterocycles. The topological polar surface area (TPSA) is 112 Å². The lowest BCUT2D eigenvalue weighted by atomic mass is 9.62. The maximum atomic E-state index is 12.8. The molecule has 0 saturated carbocycles. The van der Waals surface area contributed by atoms with Crippen molar-refractivity contribution in [2.75, 3.05) is 13.1 Å². The van der Waals surface area contributed by atoms with Gasteiger partial charge in [-0.1, -0.05) is 45.0 Å². The van der Waals surface area contributed by atoms with E-state index in [0.717, 1.165) is 16.8 Å². The molecule has 1 aromatic carbocycles. The molecule has 0 aliphatic carbocycles. The summed E-state index contributed by atoms with van der Waals surface area (Å²) in [6.07, 6.45) is 3.44. The summed E-state index contributed by atoms with van der Waals surface area (Å²) < 4.78 is 5.58. The predicted molar refractivity (Wildman–Crippen MR) is 151 cm³/mol. The van der Waals surface area contributed by atoms with Crippen LogP contribution in [0.1, 0.15) is 83.7 Å². The van der Waals surface area contributed by atoms with Gasteiger partial charge in [-0.15, -0.1) is 0 Å². The summed E-state index contributed by atoms with van der Waals surface area (Å²) in [7, 11) is 0. The highest BCUT2D eigenvalue weighted by atomic mass is 16.6. The number of ether oxygens (including phenoxy) is 1. The standard InChI is InChI=1S/C31H42N4O4/c1-20(2)21-9-11-23(12-10-21)31(38,30(8)18-35(19-30)27(36)39-28(3,4)5)24-13-22(16-32-17-24)26-14-25(33-34-26)15-29(6,7)37/h9-14,16-17,20,37-38H,15,18-19H2,1-8H3,(H,33,34)/t31-/m0/s1. The van der Waals surface area contributed by atoms with Gasteiger partial charge in [0, 0.05) is 54.1 Å². The Morgan fingerprint density at radius 1 is 1.05 bits per heavy atom. The number of benzene rings is 1. The Bertz CT molecular complexity index is 1310. The fourth-order valence-electron chi connectivity index (χ4n) is 5.30. The van der Waals surface area contributed by atoms with Crippen LogP contribution < -0.4 is 0 Å². The van der Waals surface area contributed by atoms with Crippen molar-refractivity contribution in [3.8, 4) is 11.3 Å². The molecule has 4 rings (SSSR count). The van der Waals surface area contributed by atoms with E-state index in [1.165, 1.54) is 5.56 Å². The van der Waals surface area contributed by atoms with Crippen molar-refractivity contribution in [3.05, 3.63) is 71.2 Å². The normalized spacial score (nSPS) is 17.1. The van der Waals surface area contributed by atoms with Crippen LogP contribution in [0.25, 0.3) is 11.3 Å². The number of aromatic amines is 1. The third kappa shape index (κ3) is 6.02. The number of pyridine rings is 1. The molecule has 8 heteroatoms. The van der Waals surface area contributed by atoms with Gasteiger partial charge in [-0.2, -0.15) is 5.10 Å². The molecule has 1 atom stereocenters. The average Bonchev–Trinajstić information content (AvgIpc) is 3.27. The summed E-state index contributed by atoms with van der Waals surface area (Å²) in [5.74, 6) is 0.358. The molecule has 0 radical (unpaired) electrons. The highest BCUT2D eigenvalue weighted by Crippen LogP contribution is 2.51. The number of carbonyl (C=O) groups excluding carboxylic acids is 1. The number of rotatable bonds is 7. The zero-order valence-electron chi connectivity index (χ0n) is 24.4. The number of H-pyrrole nitrogens is 1. The number of aliphatic hydroxyl groups is 2. The lowest BCUT2D eigenvalue weighted by molar-refractivity contribution is -0.131. The second-order valence-electron chi connectivity index (χ2n) is 13.1. The first-order valence-corrected chi connectivity index (χ1v) is 13.5. The summed E-state index contributed by atoms with van der Waals surface area (Å²) >= 11 is 0. The van der Waals surface area contributed by atoms with Crippen LogP contribution in [0.15, 0.2) is 48.8 Å². The van der Waals surface area contributed by atoms with Crippen molar-refractivity contribution < 1.29 is 19.7 Å². The fourth-order valence-corrected chi connectivity index (χ4v) is 5.30. The lowest BCUT2D eigenvalue weighted by Gasteiger charge is -2.56. The summed E-state index contributed by atoms with van der Waals surface area (Å²) in [5.41, 5.74) is 1.17. The van der Waals surface area contributed by atoms with Gasteiger partial charge in [-0.25, -0.2) is 4.79 Å². The summed E-state index contributed by atoms with van der Waals surface area (Å²) in [5, 5.41) is 30.3. The smallest absolute Gasteiger partial charge is 0.410 e. The summed E-state index contributed by atoms with van der Waals surface area (Å²) in [6.45, 7) is 15.9. The van der Waals surface area contributed by atoms with Gasteiger partial charge >= 0.3 is 6.09 Å². The molecule has 8 nitrogen and oxygen atoms in total. The molecule has 1 amide bonds. The highest BCUT2D eigenvalue weighted by molar-refractivity contribution is 5.70. The number of hydrogen-bond donors (Lipinski definition) is 3. The third-order valence-corrected chi connectivity index (χ3v) is 7.31. The molecule has 39 heavy (non-hydrogen) atoms. The van der Waals surface area contributed by atoms with Crippen molar-refractivity contribution in [2.24, 2.45) is 5.41 Å². The van der Waals surface area contributed by atoms with Gasteiger partial charge in [0.2, 0.25) is 0 Å². The molecule has 210 valence electrons. The van der Waals surface area contributed by atoms with E-state index in [1.807, 2.05) is 64.1 Å². The third-order valence-electron chi connectivity index (χ3n) is 7.31. The number of amides is 1. The molecule has 3 N–H and O–H groups in total. The molecule has 2 aromatic heterocycles. The second-order valence-corrected chi connectivity index (χ2v) is 13.1. The van der Waals surface area contributed by atoms with Crippen LogP contribution in [-0.4, -0.2) is 60.7 Å². The lowest BCUT2D eigenvalue weighted by Crippen LogP contribution is -2.66. The van der Waals surface area contributed by atoms with E-state index in [1.54, 1.807) is 31.1 Å². The summed E-state index contributed by atoms with van der Waals surface area (Å²) in [4.78, 5) is 18.9. The maximum Gasteiger partial charge on any atom is 0.410 e. The zero-order valence-corrected chi connectivity index (χ0v) is 24.4. The van der Waals surface area contributed by atoms with Crippen LogP contribution in [0.3, 0.4) is 0 Å². The fraction of sp³-hybridized carbons (Fsp3) is 0.516. The van der Waals surface area contributed by atoms with E-state index in [0.29, 0.717) is 36.7 Å². The van der Waals surface area contributed by atoms with Crippen LogP contribution in [0.2, 0.25) is 0 Å². The quantitative estimate of drug-likeness (QED) is 0.374. The van der Waals surface area contributed by atoms with Gasteiger partial charge in [0.05, 0.1) is 11.3 Å². The van der Waals surface area contributed by atoms with E-state index in [2.05, 4.69) is 29.0 Å². The van der Waals surface area contributed by atoms with Gasteiger partial charge in [0.25, 0.3) is 0 Å². The maximum absolute atomic E-state index is 12.8. The van der Waals surface area contributed by atoms with Crippen molar-refractivity contribution in [1.29, 1.82) is 0 Å². The Kier molecular flexibility index (Phi) is 7.42. The van der Waals surface area contributed by atoms with Crippen LogP contribution in [0, 0.1) is 5.41 Å². The van der Waals surface area contributed by atoms with Crippen LogP contribution in [0.5, 0.6) is 0 Å². The highest BCUT2D eigenvalue weighted by Gasteiger charge is 2.58. The minimum absolute atomic E-state index is 0.326. The minimum Gasteiger partial charge on any atom is -0.444 e. The van der Waals surface area contributed by atoms with Crippen LogP contribution in [-0.2, 0) is 16.8 Å². The van der Waals surface area contributed by atoms with Gasteiger partial charge in [-0.05, 0) is 63.8 Å². The molecular formula is C31H42N4O4. The molecule has 0 spiro atoms. The SMILES string of the molecule is CC(C)c1ccc([C@](O)(c2cncc(-c3cc(CC(C)(C)O)[nH]n3)c2)C2(C)CN(C(=O)OC(C)(C)C)C2)cc1. The van der Waals surface area contributed by atoms with E-state index in [4.69, 9.17) is 4.74 Å². The number of hydrogen-bond acceptors (Lipinski definition) is 6. The van der Waals surface area contributed by atoms with Gasteiger partial charge < -0.3 is 19.8 Å². The van der Waals surface area contributed by atoms with Crippen molar-refractivity contribution >= 4 is 6.09 Å². The van der Waals surface area contributed by atoms with Gasteiger partial charge in [-0.3, -0.25) is 10.1 Å². The summed E-state index contributed by atoms with van der Waals surface area (Å²) in [6, 6.07) is 11.8. The molecule has 3 heterocycles. The van der Waals surface area contributed by atoms with E-state index in [-0.39, 0.29) is 6.09 Å². The number of likely N-dealkylation sites (tertiary alicyclic amines) is 1. The Balaban J connectivity index is 1.73. The minimum atomic E-state index is -1.43. The van der Waals surface area contributed by atoms with Gasteiger partial charge in [0.15, 0.2) is 0 Å². The van der Waals surface area contributed by atoms with Crippen molar-refractivity contribution in [2.45, 2.75) is 84.5 Å². The van der Waals surface area contributed by atoms with Crippen molar-refractivity contribution in [3.63, 3.8) is 0 Å². The van der Waals surface area contributed by atoms with E-state index in [9.17, 15) is 15.0 Å². The Labute approximate surface area is 231 Å². The number of nitrogens with zero attached hydrogens (tertiary/aromatic N) is 3. The first-order chi connectivity index (χ1) is 18.0. The molecular weight excluding hydrogens is 492 g/mol. The van der Waals surface area contributed by atoms with Crippen LogP contribution in [0.4, 0.5) is 4.79 Å². The molecule has 1 aliphatic rings. The Morgan fingerprint density at radius 3 is 2.26 bits per heavy atom.